The molecule has 0 radical (unpaired) electrons. The average molecular weight is 418 g/mol. The summed E-state index contributed by atoms with van der Waals surface area (Å²) in [4.78, 5) is 15.8. The number of primary amides is 1. The predicted octanol–water partition coefficient (Wildman–Crippen LogP) is 4.11. The lowest BCUT2D eigenvalue weighted by Crippen LogP contribution is -2.13. The molecule has 6 heteroatoms. The number of carbonyl (C=O) groups excluding carboxylic acids is 1. The fraction of sp³-hybridized carbons (Fsp3) is 0.200. The molecule has 0 atom stereocenters. The van der Waals surface area contributed by atoms with E-state index in [0.717, 1.165) is 33.9 Å². The molecule has 31 heavy (non-hydrogen) atoms. The van der Waals surface area contributed by atoms with Crippen LogP contribution < -0.4 is 15.2 Å². The molecular weight excluding hydrogens is 392 g/mol. The first-order valence-electron chi connectivity index (χ1n) is 10.0. The lowest BCUT2D eigenvalue weighted by Gasteiger charge is -2.10. The number of carbonyl (C=O) groups is 1. The summed E-state index contributed by atoms with van der Waals surface area (Å²) >= 11 is 0. The van der Waals surface area contributed by atoms with Crippen LogP contribution in [-0.4, -0.2) is 25.3 Å². The van der Waals surface area contributed by atoms with Crippen molar-refractivity contribution in [2.75, 3.05) is 13.7 Å². The van der Waals surface area contributed by atoms with Crippen molar-refractivity contribution in [2.24, 2.45) is 10.9 Å². The predicted molar refractivity (Wildman–Crippen MR) is 120 cm³/mol. The summed E-state index contributed by atoms with van der Waals surface area (Å²) in [5.74, 6) is 1.21. The number of hydrogen-bond donors (Lipinski definition) is 1. The summed E-state index contributed by atoms with van der Waals surface area (Å²) in [5, 5.41) is 4.07. The molecule has 0 aliphatic carbocycles. The van der Waals surface area contributed by atoms with Crippen LogP contribution in [0.2, 0.25) is 0 Å². The number of benzene rings is 3. The lowest BCUT2D eigenvalue weighted by atomic mass is 10.1. The van der Waals surface area contributed by atoms with Gasteiger partial charge in [0.1, 0.15) is 37.5 Å². The van der Waals surface area contributed by atoms with E-state index in [1.54, 1.807) is 0 Å². The first kappa shape index (κ1) is 21.9. The van der Waals surface area contributed by atoms with E-state index in [2.05, 4.69) is 5.16 Å². The molecule has 0 bridgehead atoms. The zero-order chi connectivity index (χ0) is 21.9. The summed E-state index contributed by atoms with van der Waals surface area (Å²) in [6.45, 7) is 0.747. The van der Waals surface area contributed by atoms with E-state index in [-0.39, 0.29) is 5.91 Å². The molecule has 2 N–H and O–H groups in total. The van der Waals surface area contributed by atoms with Crippen LogP contribution in [0, 0.1) is 0 Å². The molecule has 160 valence electrons. The van der Waals surface area contributed by atoms with Crippen LogP contribution in [-0.2, 0) is 22.7 Å². The third-order valence-electron chi connectivity index (χ3n) is 4.60. The van der Waals surface area contributed by atoms with E-state index < -0.39 is 0 Å². The van der Waals surface area contributed by atoms with E-state index in [0.29, 0.717) is 26.1 Å². The average Bonchev–Trinajstić information content (AvgIpc) is 2.81. The number of nitrogens with zero attached hydrogens (tertiary/aromatic N) is 1. The molecular formula is C25H26N2O4. The van der Waals surface area contributed by atoms with Gasteiger partial charge >= 0.3 is 0 Å². The highest BCUT2D eigenvalue weighted by molar-refractivity contribution is 6.01. The van der Waals surface area contributed by atoms with Crippen molar-refractivity contribution in [1.29, 1.82) is 0 Å². The number of oxime groups is 1. The third kappa shape index (κ3) is 7.19. The molecule has 0 fully saturated rings. The molecule has 0 heterocycles. The molecule has 1 amide bonds. The Kier molecular flexibility index (Phi) is 8.05. The van der Waals surface area contributed by atoms with E-state index >= 15 is 0 Å². The van der Waals surface area contributed by atoms with Crippen molar-refractivity contribution in [3.8, 4) is 11.5 Å². The maximum absolute atomic E-state index is 10.9. The Morgan fingerprint density at radius 3 is 2.06 bits per heavy atom. The monoisotopic (exact) mass is 418 g/mol. The fourth-order valence-electron chi connectivity index (χ4n) is 2.92. The van der Waals surface area contributed by atoms with Gasteiger partial charge in [-0.15, -0.1) is 0 Å². The van der Waals surface area contributed by atoms with Crippen LogP contribution in [0.5, 0.6) is 11.5 Å². The zero-order valence-electron chi connectivity index (χ0n) is 17.5. The maximum atomic E-state index is 10.9. The Labute approximate surface area is 182 Å². The quantitative estimate of drug-likeness (QED) is 0.375. The van der Waals surface area contributed by atoms with E-state index in [4.69, 9.17) is 20.0 Å². The van der Waals surface area contributed by atoms with Gasteiger partial charge in [0.05, 0.1) is 0 Å². The number of amides is 1. The van der Waals surface area contributed by atoms with Gasteiger partial charge in [0.2, 0.25) is 5.91 Å². The highest BCUT2D eigenvalue weighted by Gasteiger charge is 2.06. The van der Waals surface area contributed by atoms with Gasteiger partial charge in [0, 0.05) is 12.0 Å². The van der Waals surface area contributed by atoms with Gasteiger partial charge in [-0.25, -0.2) is 0 Å². The number of rotatable bonds is 11. The molecule has 0 saturated heterocycles. The molecule has 3 aromatic rings. The number of nitrogens with two attached hydrogens (primary N) is 1. The highest BCUT2D eigenvalue weighted by Crippen LogP contribution is 2.17. The number of hydrogen-bond acceptors (Lipinski definition) is 5. The SMILES string of the molecule is CON=C(COc1ccc(COc2ccc(CCC(N)=O)cc2)cc1)c1ccccc1. The topological polar surface area (TPSA) is 83.1 Å². The molecule has 0 aromatic heterocycles. The van der Waals surface area contributed by atoms with Crippen molar-refractivity contribution in [2.45, 2.75) is 19.4 Å². The summed E-state index contributed by atoms with van der Waals surface area (Å²) in [6.07, 6.45) is 0.983. The first-order valence-corrected chi connectivity index (χ1v) is 10.0. The smallest absolute Gasteiger partial charge is 0.217 e. The molecule has 3 rings (SSSR count). The van der Waals surface area contributed by atoms with Crippen molar-refractivity contribution in [3.63, 3.8) is 0 Å². The molecule has 3 aromatic carbocycles. The molecule has 0 aliphatic heterocycles. The second kappa shape index (κ2) is 11.4. The van der Waals surface area contributed by atoms with Crippen LogP contribution in [0.4, 0.5) is 0 Å². The Morgan fingerprint density at radius 1 is 0.839 bits per heavy atom. The molecule has 0 aliphatic rings. The van der Waals surface area contributed by atoms with Crippen molar-refractivity contribution in [1.82, 2.24) is 0 Å². The molecule has 0 spiro atoms. The third-order valence-corrected chi connectivity index (χ3v) is 4.60. The maximum Gasteiger partial charge on any atom is 0.217 e. The van der Waals surface area contributed by atoms with Crippen LogP contribution in [0.3, 0.4) is 0 Å². The van der Waals surface area contributed by atoms with Crippen molar-refractivity contribution < 1.29 is 19.1 Å². The Bertz CT molecular complexity index is 984. The second-order valence-electron chi connectivity index (χ2n) is 6.92. The summed E-state index contributed by atoms with van der Waals surface area (Å²) < 4.78 is 11.7. The molecule has 0 saturated carbocycles. The number of ether oxygens (including phenoxy) is 2. The largest absolute Gasteiger partial charge is 0.489 e. The minimum absolute atomic E-state index is 0.296. The normalized spacial score (nSPS) is 11.1. The lowest BCUT2D eigenvalue weighted by molar-refractivity contribution is -0.117. The minimum atomic E-state index is -0.296. The standard InChI is InChI=1S/C25H26N2O4/c1-29-27-24(21-5-3-2-4-6-21)18-31-23-14-9-20(10-15-23)17-30-22-12-7-19(8-13-22)11-16-25(26)28/h2-10,12-15H,11,16-18H2,1H3,(H2,26,28). The second-order valence-corrected chi connectivity index (χ2v) is 6.92. The Morgan fingerprint density at radius 2 is 1.45 bits per heavy atom. The van der Waals surface area contributed by atoms with E-state index in [1.165, 1.54) is 7.11 Å². The van der Waals surface area contributed by atoms with E-state index in [9.17, 15) is 4.79 Å². The van der Waals surface area contributed by atoms with Crippen LogP contribution in [0.1, 0.15) is 23.1 Å². The minimum Gasteiger partial charge on any atom is -0.489 e. The van der Waals surface area contributed by atoms with Crippen LogP contribution in [0.25, 0.3) is 0 Å². The summed E-state index contributed by atoms with van der Waals surface area (Å²) in [7, 11) is 1.52. The van der Waals surface area contributed by atoms with Crippen LogP contribution in [0.15, 0.2) is 84.0 Å². The van der Waals surface area contributed by atoms with Gasteiger partial charge in [-0.1, -0.05) is 59.8 Å². The van der Waals surface area contributed by atoms with Gasteiger partial charge in [0.25, 0.3) is 0 Å². The van der Waals surface area contributed by atoms with Gasteiger partial charge in [-0.2, -0.15) is 0 Å². The molecule has 0 unspecified atom stereocenters. The Balaban J connectivity index is 1.50. The summed E-state index contributed by atoms with van der Waals surface area (Å²) in [6, 6.07) is 25.2. The van der Waals surface area contributed by atoms with Crippen LogP contribution >= 0.6 is 0 Å². The summed E-state index contributed by atoms with van der Waals surface area (Å²) in [5.41, 5.74) is 8.94. The van der Waals surface area contributed by atoms with Gasteiger partial charge in [0.15, 0.2) is 0 Å². The van der Waals surface area contributed by atoms with Crippen molar-refractivity contribution >= 4 is 11.6 Å². The van der Waals surface area contributed by atoms with Gasteiger partial charge in [-0.05, 0) is 41.8 Å². The first-order chi connectivity index (χ1) is 15.1. The zero-order valence-corrected chi connectivity index (χ0v) is 17.5. The fourth-order valence-corrected chi connectivity index (χ4v) is 2.92. The van der Waals surface area contributed by atoms with Gasteiger partial charge < -0.3 is 20.0 Å². The molecule has 6 nitrogen and oxygen atoms in total. The highest BCUT2D eigenvalue weighted by atomic mass is 16.6. The Hall–Kier alpha value is -3.80. The number of aryl methyl sites for hydroxylation is 1. The van der Waals surface area contributed by atoms with Crippen molar-refractivity contribution in [3.05, 3.63) is 95.6 Å². The van der Waals surface area contributed by atoms with Gasteiger partial charge in [-0.3, -0.25) is 4.79 Å². The van der Waals surface area contributed by atoms with E-state index in [1.807, 2.05) is 78.9 Å².